The maximum atomic E-state index is 6.32. The monoisotopic (exact) mass is 339 g/mol. The van der Waals surface area contributed by atoms with Gasteiger partial charge in [0.25, 0.3) is 0 Å². The Morgan fingerprint density at radius 3 is 2.65 bits per heavy atom. The first-order valence-electron chi connectivity index (χ1n) is 7.67. The van der Waals surface area contributed by atoms with E-state index in [4.69, 9.17) is 4.74 Å². The third-order valence-corrected chi connectivity index (χ3v) is 4.93. The van der Waals surface area contributed by atoms with E-state index in [1.165, 1.54) is 24.8 Å². The molecule has 1 N–H and O–H groups in total. The van der Waals surface area contributed by atoms with Crippen LogP contribution < -0.4 is 10.1 Å². The van der Waals surface area contributed by atoms with Crippen LogP contribution >= 0.6 is 15.9 Å². The van der Waals surface area contributed by atoms with Crippen molar-refractivity contribution >= 4 is 15.9 Å². The van der Waals surface area contributed by atoms with Gasteiger partial charge in [-0.3, -0.25) is 0 Å². The summed E-state index contributed by atoms with van der Waals surface area (Å²) < 4.78 is 7.46. The SMILES string of the molecule is Cc1cc(OC2(CCNCC(C)C)CCC2)ccc1Br. The Kier molecular flexibility index (Phi) is 5.50. The molecule has 2 rings (SSSR count). The second-order valence-electron chi connectivity index (χ2n) is 6.40. The third kappa shape index (κ3) is 4.23. The number of hydrogen-bond acceptors (Lipinski definition) is 2. The molecule has 1 aliphatic carbocycles. The lowest BCUT2D eigenvalue weighted by atomic mass is 9.77. The molecule has 0 atom stereocenters. The molecule has 0 aromatic heterocycles. The van der Waals surface area contributed by atoms with E-state index >= 15 is 0 Å². The van der Waals surface area contributed by atoms with E-state index < -0.39 is 0 Å². The molecule has 1 saturated carbocycles. The maximum absolute atomic E-state index is 6.32. The first-order chi connectivity index (χ1) is 9.51. The van der Waals surface area contributed by atoms with Gasteiger partial charge in [0, 0.05) is 4.47 Å². The fraction of sp³-hybridized carbons (Fsp3) is 0.647. The molecular weight excluding hydrogens is 314 g/mol. The van der Waals surface area contributed by atoms with Crippen molar-refractivity contribution in [3.8, 4) is 5.75 Å². The molecule has 0 aliphatic heterocycles. The molecule has 1 aromatic rings. The second-order valence-corrected chi connectivity index (χ2v) is 7.25. The molecule has 20 heavy (non-hydrogen) atoms. The molecule has 0 saturated heterocycles. The lowest BCUT2D eigenvalue weighted by Gasteiger charge is -2.42. The summed E-state index contributed by atoms with van der Waals surface area (Å²) in [7, 11) is 0. The largest absolute Gasteiger partial charge is 0.487 e. The Balaban J connectivity index is 1.88. The van der Waals surface area contributed by atoms with E-state index in [0.29, 0.717) is 5.92 Å². The van der Waals surface area contributed by atoms with Gasteiger partial charge in [-0.2, -0.15) is 0 Å². The minimum absolute atomic E-state index is 0.0737. The summed E-state index contributed by atoms with van der Waals surface area (Å²) >= 11 is 3.54. The molecule has 1 fully saturated rings. The summed E-state index contributed by atoms with van der Waals surface area (Å²) in [5.74, 6) is 1.72. The van der Waals surface area contributed by atoms with Gasteiger partial charge in [-0.25, -0.2) is 0 Å². The second kappa shape index (κ2) is 6.95. The summed E-state index contributed by atoms with van der Waals surface area (Å²) in [4.78, 5) is 0. The molecule has 0 amide bonds. The molecule has 3 heteroatoms. The van der Waals surface area contributed by atoms with Crippen LogP contribution in [0.1, 0.15) is 45.1 Å². The van der Waals surface area contributed by atoms with Crippen molar-refractivity contribution in [3.63, 3.8) is 0 Å². The van der Waals surface area contributed by atoms with Crippen LogP contribution in [0.3, 0.4) is 0 Å². The van der Waals surface area contributed by atoms with Crippen LogP contribution in [0.25, 0.3) is 0 Å². The lowest BCUT2D eigenvalue weighted by Crippen LogP contribution is -2.45. The predicted molar refractivity (Wildman–Crippen MR) is 88.4 cm³/mol. The number of hydrogen-bond donors (Lipinski definition) is 1. The molecule has 1 aliphatic rings. The minimum atomic E-state index is 0.0737. The normalized spacial score (nSPS) is 17.1. The van der Waals surface area contributed by atoms with Crippen molar-refractivity contribution in [2.45, 2.75) is 52.1 Å². The average molecular weight is 340 g/mol. The van der Waals surface area contributed by atoms with Crippen LogP contribution in [0.4, 0.5) is 0 Å². The average Bonchev–Trinajstić information content (AvgIpc) is 2.35. The molecule has 0 radical (unpaired) electrons. The zero-order chi connectivity index (χ0) is 14.6. The molecule has 0 spiro atoms. The summed E-state index contributed by atoms with van der Waals surface area (Å²) in [6, 6.07) is 6.28. The zero-order valence-electron chi connectivity index (χ0n) is 12.8. The highest BCUT2D eigenvalue weighted by Crippen LogP contribution is 2.39. The van der Waals surface area contributed by atoms with Gasteiger partial charge in [0.05, 0.1) is 0 Å². The smallest absolute Gasteiger partial charge is 0.120 e. The Bertz CT molecular complexity index is 441. The number of rotatable bonds is 7. The van der Waals surface area contributed by atoms with Crippen LogP contribution in [0.15, 0.2) is 22.7 Å². The van der Waals surface area contributed by atoms with Gasteiger partial charge in [-0.15, -0.1) is 0 Å². The van der Waals surface area contributed by atoms with Crippen molar-refractivity contribution in [3.05, 3.63) is 28.2 Å². The van der Waals surface area contributed by atoms with Crippen molar-refractivity contribution in [1.82, 2.24) is 5.32 Å². The predicted octanol–water partition coefficient (Wildman–Crippen LogP) is 4.69. The van der Waals surface area contributed by atoms with Gasteiger partial charge in [0.1, 0.15) is 11.4 Å². The number of nitrogens with one attached hydrogen (secondary N) is 1. The van der Waals surface area contributed by atoms with Crippen molar-refractivity contribution in [1.29, 1.82) is 0 Å². The Morgan fingerprint density at radius 2 is 2.10 bits per heavy atom. The van der Waals surface area contributed by atoms with Gasteiger partial charge >= 0.3 is 0 Å². The molecular formula is C17H26BrNO. The standard InChI is InChI=1S/C17H26BrNO/c1-13(2)12-19-10-9-17(7-4-8-17)20-15-5-6-16(18)14(3)11-15/h5-6,11,13,19H,4,7-10,12H2,1-3H3. The highest BCUT2D eigenvalue weighted by molar-refractivity contribution is 9.10. The van der Waals surface area contributed by atoms with E-state index in [0.717, 1.165) is 29.7 Å². The van der Waals surface area contributed by atoms with E-state index in [1.807, 2.05) is 0 Å². The van der Waals surface area contributed by atoms with Gasteiger partial charge in [-0.1, -0.05) is 29.8 Å². The third-order valence-electron chi connectivity index (χ3n) is 4.04. The number of ether oxygens (including phenoxy) is 1. The van der Waals surface area contributed by atoms with Crippen LogP contribution in [-0.2, 0) is 0 Å². The molecule has 1 aromatic carbocycles. The van der Waals surface area contributed by atoms with Gasteiger partial charge in [0.2, 0.25) is 0 Å². The van der Waals surface area contributed by atoms with Gasteiger partial charge in [0.15, 0.2) is 0 Å². The van der Waals surface area contributed by atoms with Crippen molar-refractivity contribution in [2.24, 2.45) is 5.92 Å². The molecule has 2 nitrogen and oxygen atoms in total. The van der Waals surface area contributed by atoms with E-state index in [-0.39, 0.29) is 5.60 Å². The Hall–Kier alpha value is -0.540. The Morgan fingerprint density at radius 1 is 1.35 bits per heavy atom. The number of benzene rings is 1. The summed E-state index contributed by atoms with van der Waals surface area (Å²) in [5.41, 5.74) is 1.31. The lowest BCUT2D eigenvalue weighted by molar-refractivity contribution is -0.0143. The highest BCUT2D eigenvalue weighted by Gasteiger charge is 2.38. The maximum Gasteiger partial charge on any atom is 0.120 e. The van der Waals surface area contributed by atoms with Crippen molar-refractivity contribution in [2.75, 3.05) is 13.1 Å². The van der Waals surface area contributed by atoms with Crippen LogP contribution in [0, 0.1) is 12.8 Å². The Labute approximate surface area is 131 Å². The number of aryl methyl sites for hydroxylation is 1. The summed E-state index contributed by atoms with van der Waals surface area (Å²) in [6.45, 7) is 8.73. The topological polar surface area (TPSA) is 21.3 Å². The molecule has 0 heterocycles. The van der Waals surface area contributed by atoms with Gasteiger partial charge < -0.3 is 10.1 Å². The van der Waals surface area contributed by atoms with Gasteiger partial charge in [-0.05, 0) is 75.4 Å². The fourth-order valence-electron chi connectivity index (χ4n) is 2.61. The van der Waals surface area contributed by atoms with Crippen LogP contribution in [0.5, 0.6) is 5.75 Å². The van der Waals surface area contributed by atoms with Crippen LogP contribution in [0.2, 0.25) is 0 Å². The van der Waals surface area contributed by atoms with E-state index in [9.17, 15) is 0 Å². The quantitative estimate of drug-likeness (QED) is 0.727. The molecule has 0 unspecified atom stereocenters. The first-order valence-corrected chi connectivity index (χ1v) is 8.46. The van der Waals surface area contributed by atoms with Crippen molar-refractivity contribution < 1.29 is 4.74 Å². The first kappa shape index (κ1) is 15.8. The van der Waals surface area contributed by atoms with E-state index in [1.54, 1.807) is 0 Å². The summed E-state index contributed by atoms with van der Waals surface area (Å²) in [6.07, 6.45) is 4.77. The van der Waals surface area contributed by atoms with E-state index in [2.05, 4.69) is 60.2 Å². The fourth-order valence-corrected chi connectivity index (χ4v) is 2.86. The number of halogens is 1. The van der Waals surface area contributed by atoms with Crippen LogP contribution in [-0.4, -0.2) is 18.7 Å². The molecule has 0 bridgehead atoms. The zero-order valence-corrected chi connectivity index (χ0v) is 14.4. The highest BCUT2D eigenvalue weighted by atomic mass is 79.9. The molecule has 112 valence electrons. The summed E-state index contributed by atoms with van der Waals surface area (Å²) in [5, 5.41) is 3.53. The minimum Gasteiger partial charge on any atom is -0.487 e.